The summed E-state index contributed by atoms with van der Waals surface area (Å²) in [4.78, 5) is 12.0. The lowest BCUT2D eigenvalue weighted by molar-refractivity contribution is 0.225. The molecule has 0 aliphatic heterocycles. The molecule has 1 unspecified atom stereocenters. The zero-order valence-corrected chi connectivity index (χ0v) is 13.3. The fourth-order valence-corrected chi connectivity index (χ4v) is 2.19. The Balaban J connectivity index is 1.99. The first-order valence-corrected chi connectivity index (χ1v) is 7.57. The molecule has 2 aromatic rings. The average Bonchev–Trinajstić information content (AvgIpc) is 2.95. The molecule has 1 aromatic heterocycles. The molecule has 1 heterocycles. The van der Waals surface area contributed by atoms with E-state index in [9.17, 15) is 14.3 Å². The largest absolute Gasteiger partial charge is 0.394 e. The third-order valence-electron chi connectivity index (χ3n) is 3.18. The van der Waals surface area contributed by atoms with E-state index in [-0.39, 0.29) is 11.6 Å². The second-order valence-corrected chi connectivity index (χ2v) is 5.41. The number of nitrogens with zero attached hydrogens (tertiary/aromatic N) is 2. The van der Waals surface area contributed by atoms with Crippen LogP contribution in [-0.2, 0) is 6.54 Å². The van der Waals surface area contributed by atoms with Crippen LogP contribution in [0, 0.1) is 5.82 Å². The lowest BCUT2D eigenvalue weighted by atomic mass is 10.1. The Bertz CT molecular complexity index is 677. The van der Waals surface area contributed by atoms with Crippen LogP contribution in [0.15, 0.2) is 30.6 Å². The van der Waals surface area contributed by atoms with Gasteiger partial charge in [-0.2, -0.15) is 5.10 Å². The van der Waals surface area contributed by atoms with Crippen LogP contribution in [0.25, 0.3) is 0 Å². The number of carbonyl (C=O) groups excluding carboxylic acids is 1. The molecule has 1 aromatic carbocycles. The fraction of sp³-hybridized carbons (Fsp3) is 0.333. The predicted octanol–water partition coefficient (Wildman–Crippen LogP) is 2.94. The highest BCUT2D eigenvalue weighted by Gasteiger charge is 2.15. The van der Waals surface area contributed by atoms with E-state index in [2.05, 4.69) is 15.7 Å². The van der Waals surface area contributed by atoms with Crippen LogP contribution in [-0.4, -0.2) is 27.5 Å². The Morgan fingerprint density at radius 3 is 2.96 bits per heavy atom. The van der Waals surface area contributed by atoms with Crippen LogP contribution in [0.3, 0.4) is 0 Å². The van der Waals surface area contributed by atoms with Crippen molar-refractivity contribution >= 4 is 23.3 Å². The summed E-state index contributed by atoms with van der Waals surface area (Å²) < 4.78 is 15.2. The molecule has 0 saturated heterocycles. The normalized spacial score (nSPS) is 12.0. The summed E-state index contributed by atoms with van der Waals surface area (Å²) in [5, 5.41) is 18.7. The third-order valence-corrected chi connectivity index (χ3v) is 3.48. The smallest absolute Gasteiger partial charge is 0.319 e. The molecular formula is C15H18ClFN4O2. The van der Waals surface area contributed by atoms with Crippen LogP contribution in [0.5, 0.6) is 0 Å². The minimum Gasteiger partial charge on any atom is -0.394 e. The molecule has 6 nitrogen and oxygen atoms in total. The molecule has 0 spiro atoms. The van der Waals surface area contributed by atoms with E-state index in [1.807, 2.05) is 6.92 Å². The molecule has 8 heteroatoms. The number of urea groups is 1. The quantitative estimate of drug-likeness (QED) is 0.756. The Labute approximate surface area is 138 Å². The zero-order valence-electron chi connectivity index (χ0n) is 12.6. The minimum absolute atomic E-state index is 0.0155. The van der Waals surface area contributed by atoms with Crippen molar-refractivity contribution in [2.75, 3.05) is 11.9 Å². The number of aliphatic hydroxyl groups excluding tert-OH is 1. The lowest BCUT2D eigenvalue weighted by Gasteiger charge is -2.17. The Morgan fingerprint density at radius 1 is 1.52 bits per heavy atom. The van der Waals surface area contributed by atoms with Gasteiger partial charge in [0.2, 0.25) is 0 Å². The maximum Gasteiger partial charge on any atom is 0.319 e. The molecule has 2 amide bonds. The van der Waals surface area contributed by atoms with Gasteiger partial charge in [-0.15, -0.1) is 0 Å². The van der Waals surface area contributed by atoms with Gasteiger partial charge in [0.1, 0.15) is 5.82 Å². The number of rotatable bonds is 6. The number of aliphatic hydroxyl groups is 1. The van der Waals surface area contributed by atoms with Gasteiger partial charge in [0, 0.05) is 12.7 Å². The number of anilines is 1. The third kappa shape index (κ3) is 4.67. The van der Waals surface area contributed by atoms with Crippen LogP contribution < -0.4 is 10.6 Å². The number of aromatic nitrogens is 2. The highest BCUT2D eigenvalue weighted by molar-refractivity contribution is 6.30. The SMILES string of the molecule is CCCn1cc(NC(=O)NC(CO)c2ccc(Cl)c(F)c2)cn1. The summed E-state index contributed by atoms with van der Waals surface area (Å²) in [5.74, 6) is -0.606. The zero-order chi connectivity index (χ0) is 16.8. The number of nitrogens with one attached hydrogen (secondary N) is 2. The summed E-state index contributed by atoms with van der Waals surface area (Å²) in [6.45, 7) is 2.41. The maximum atomic E-state index is 13.5. The standard InChI is InChI=1S/C15H18ClFN4O2/c1-2-5-21-8-11(7-18-21)19-15(23)20-14(9-22)10-3-4-12(16)13(17)6-10/h3-4,6-8,14,22H,2,5,9H2,1H3,(H2,19,20,23). The van der Waals surface area contributed by atoms with Crippen molar-refractivity contribution in [3.63, 3.8) is 0 Å². The molecule has 23 heavy (non-hydrogen) atoms. The molecule has 0 bridgehead atoms. The van der Waals surface area contributed by atoms with Gasteiger partial charge < -0.3 is 15.7 Å². The van der Waals surface area contributed by atoms with E-state index in [1.54, 1.807) is 16.9 Å². The van der Waals surface area contributed by atoms with E-state index in [0.29, 0.717) is 11.3 Å². The van der Waals surface area contributed by atoms with Gasteiger partial charge in [-0.25, -0.2) is 9.18 Å². The van der Waals surface area contributed by atoms with Crippen molar-refractivity contribution in [2.24, 2.45) is 0 Å². The average molecular weight is 341 g/mol. The monoisotopic (exact) mass is 340 g/mol. The molecular weight excluding hydrogens is 323 g/mol. The number of amides is 2. The van der Waals surface area contributed by atoms with Gasteiger partial charge in [0.05, 0.1) is 29.6 Å². The molecule has 0 fully saturated rings. The molecule has 3 N–H and O–H groups in total. The number of hydrogen-bond donors (Lipinski definition) is 3. The van der Waals surface area contributed by atoms with E-state index in [1.165, 1.54) is 18.3 Å². The molecule has 124 valence electrons. The minimum atomic E-state index is -0.743. The molecule has 0 aliphatic rings. The van der Waals surface area contributed by atoms with Crippen LogP contribution in [0.1, 0.15) is 24.9 Å². The number of halogens is 2. The Hall–Kier alpha value is -2.12. The Kier molecular flexibility index (Phi) is 5.95. The topological polar surface area (TPSA) is 79.2 Å². The van der Waals surface area contributed by atoms with Gasteiger partial charge in [-0.1, -0.05) is 24.6 Å². The van der Waals surface area contributed by atoms with Gasteiger partial charge >= 0.3 is 6.03 Å². The molecule has 0 saturated carbocycles. The lowest BCUT2D eigenvalue weighted by Crippen LogP contribution is -2.34. The summed E-state index contributed by atoms with van der Waals surface area (Å²) in [6.07, 6.45) is 4.17. The highest BCUT2D eigenvalue weighted by Crippen LogP contribution is 2.20. The summed E-state index contributed by atoms with van der Waals surface area (Å²) in [7, 11) is 0. The van der Waals surface area contributed by atoms with Crippen LogP contribution in [0.4, 0.5) is 14.9 Å². The molecule has 0 radical (unpaired) electrons. The van der Waals surface area contributed by atoms with E-state index in [0.717, 1.165) is 13.0 Å². The number of benzene rings is 1. The van der Waals surface area contributed by atoms with Crippen molar-refractivity contribution in [2.45, 2.75) is 25.9 Å². The van der Waals surface area contributed by atoms with E-state index < -0.39 is 17.9 Å². The maximum absolute atomic E-state index is 13.5. The van der Waals surface area contributed by atoms with Crippen molar-refractivity contribution in [1.29, 1.82) is 0 Å². The van der Waals surface area contributed by atoms with Crippen LogP contribution in [0.2, 0.25) is 5.02 Å². The van der Waals surface area contributed by atoms with Crippen LogP contribution >= 0.6 is 11.6 Å². The van der Waals surface area contributed by atoms with Gasteiger partial charge in [-0.05, 0) is 24.1 Å². The van der Waals surface area contributed by atoms with Gasteiger partial charge in [0.25, 0.3) is 0 Å². The second kappa shape index (κ2) is 7.94. The van der Waals surface area contributed by atoms with E-state index in [4.69, 9.17) is 11.6 Å². The van der Waals surface area contributed by atoms with E-state index >= 15 is 0 Å². The first-order chi connectivity index (χ1) is 11.0. The second-order valence-electron chi connectivity index (χ2n) is 5.00. The molecule has 2 rings (SSSR count). The predicted molar refractivity (Wildman–Crippen MR) is 85.9 cm³/mol. The summed E-state index contributed by atoms with van der Waals surface area (Å²) in [5.41, 5.74) is 0.959. The number of aryl methyl sites for hydroxylation is 1. The molecule has 1 atom stereocenters. The Morgan fingerprint density at radius 2 is 2.30 bits per heavy atom. The van der Waals surface area contributed by atoms with Crippen molar-refractivity contribution in [1.82, 2.24) is 15.1 Å². The van der Waals surface area contributed by atoms with Crippen molar-refractivity contribution in [3.8, 4) is 0 Å². The summed E-state index contributed by atoms with van der Waals surface area (Å²) >= 11 is 5.62. The van der Waals surface area contributed by atoms with Crippen molar-refractivity contribution in [3.05, 3.63) is 47.0 Å². The van der Waals surface area contributed by atoms with Gasteiger partial charge in [-0.3, -0.25) is 4.68 Å². The number of hydrogen-bond acceptors (Lipinski definition) is 3. The molecule has 0 aliphatic carbocycles. The summed E-state index contributed by atoms with van der Waals surface area (Å²) in [6, 6.07) is 2.85. The highest BCUT2D eigenvalue weighted by atomic mass is 35.5. The fourth-order valence-electron chi connectivity index (χ4n) is 2.07. The van der Waals surface area contributed by atoms with Crippen molar-refractivity contribution < 1.29 is 14.3 Å². The first-order valence-electron chi connectivity index (χ1n) is 7.19. The number of carbonyl (C=O) groups is 1. The van der Waals surface area contributed by atoms with Gasteiger partial charge in [0.15, 0.2) is 0 Å². The first kappa shape index (κ1) is 17.2.